The molecule has 0 heterocycles. The Morgan fingerprint density at radius 2 is 1.58 bits per heavy atom. The zero-order valence-corrected chi connectivity index (χ0v) is 14.0. The smallest absolute Gasteiger partial charge is 0.339 e. The van der Waals surface area contributed by atoms with E-state index in [1.807, 2.05) is 0 Å². The molecule has 0 aliphatic rings. The molecule has 24 heavy (non-hydrogen) atoms. The molecule has 0 spiro atoms. The molecule has 0 radical (unpaired) electrons. The largest absolute Gasteiger partial charge is 0.465 e. The Hall–Kier alpha value is -2.90. The van der Waals surface area contributed by atoms with Gasteiger partial charge >= 0.3 is 23.8 Å². The molecule has 1 aromatic carbocycles. The predicted octanol–water partition coefficient (Wildman–Crippen LogP) is 1.07. The minimum absolute atomic E-state index is 0.00439. The number of esters is 2. The molecule has 130 valence electrons. The van der Waals surface area contributed by atoms with Gasteiger partial charge < -0.3 is 19.7 Å². The second kappa shape index (κ2) is 8.66. The number of methoxy groups -OCH3 is 2. The maximum absolute atomic E-state index is 12.1. The lowest BCUT2D eigenvalue weighted by Crippen LogP contribution is -2.39. The highest BCUT2D eigenvalue weighted by Crippen LogP contribution is 2.20. The number of carbonyl (C=O) groups is 4. The van der Waals surface area contributed by atoms with Gasteiger partial charge in [-0.25, -0.2) is 9.59 Å². The van der Waals surface area contributed by atoms with Gasteiger partial charge in [0.05, 0.1) is 31.0 Å². The first-order valence-corrected chi connectivity index (χ1v) is 7.30. The van der Waals surface area contributed by atoms with E-state index < -0.39 is 23.8 Å². The Morgan fingerprint density at radius 3 is 2.08 bits per heavy atom. The van der Waals surface area contributed by atoms with Crippen molar-refractivity contribution in [1.82, 2.24) is 4.90 Å². The van der Waals surface area contributed by atoms with Crippen molar-refractivity contribution in [3.05, 3.63) is 29.3 Å². The van der Waals surface area contributed by atoms with Crippen LogP contribution in [0.15, 0.2) is 18.2 Å². The first-order chi connectivity index (χ1) is 11.4. The van der Waals surface area contributed by atoms with E-state index >= 15 is 0 Å². The molecule has 0 aliphatic heterocycles. The summed E-state index contributed by atoms with van der Waals surface area (Å²) in [5.41, 5.74) is 0.136. The van der Waals surface area contributed by atoms with Crippen molar-refractivity contribution >= 4 is 29.4 Å². The molecule has 2 amide bonds. The van der Waals surface area contributed by atoms with Gasteiger partial charge in [-0.2, -0.15) is 0 Å². The van der Waals surface area contributed by atoms with Gasteiger partial charge in [0.15, 0.2) is 0 Å². The Kier molecular flexibility index (Phi) is 6.91. The van der Waals surface area contributed by atoms with Crippen LogP contribution in [0.3, 0.4) is 0 Å². The van der Waals surface area contributed by atoms with Crippen LogP contribution < -0.4 is 5.32 Å². The first-order valence-electron chi connectivity index (χ1n) is 7.30. The SMILES string of the molecule is CCN(CC)C(=O)C(=O)Nc1cc(C(=O)OC)ccc1C(=O)OC. The van der Waals surface area contributed by atoms with Crippen LogP contribution in [0.25, 0.3) is 0 Å². The fraction of sp³-hybridized carbons (Fsp3) is 0.375. The van der Waals surface area contributed by atoms with Gasteiger partial charge in [-0.1, -0.05) is 0 Å². The molecule has 0 bridgehead atoms. The van der Waals surface area contributed by atoms with Crippen molar-refractivity contribution in [2.75, 3.05) is 32.6 Å². The summed E-state index contributed by atoms with van der Waals surface area (Å²) in [6.07, 6.45) is 0. The van der Waals surface area contributed by atoms with Crippen molar-refractivity contribution in [3.8, 4) is 0 Å². The summed E-state index contributed by atoms with van der Waals surface area (Å²) in [6.45, 7) is 4.22. The van der Waals surface area contributed by atoms with Gasteiger partial charge in [-0.3, -0.25) is 9.59 Å². The monoisotopic (exact) mass is 336 g/mol. The maximum atomic E-state index is 12.1. The molecule has 0 fully saturated rings. The van der Waals surface area contributed by atoms with Crippen LogP contribution >= 0.6 is 0 Å². The molecule has 0 unspecified atom stereocenters. The third-order valence-corrected chi connectivity index (χ3v) is 3.34. The van der Waals surface area contributed by atoms with Gasteiger partial charge in [0, 0.05) is 13.1 Å². The number of hydrogen-bond donors (Lipinski definition) is 1. The molecule has 1 rings (SSSR count). The van der Waals surface area contributed by atoms with Crippen molar-refractivity contribution < 1.29 is 28.7 Å². The number of ether oxygens (including phenoxy) is 2. The van der Waals surface area contributed by atoms with Gasteiger partial charge in [-0.15, -0.1) is 0 Å². The second-order valence-corrected chi connectivity index (χ2v) is 4.68. The van der Waals surface area contributed by atoms with Crippen LogP contribution in [0.4, 0.5) is 5.69 Å². The normalized spacial score (nSPS) is 9.83. The fourth-order valence-corrected chi connectivity index (χ4v) is 2.01. The highest BCUT2D eigenvalue weighted by Gasteiger charge is 2.23. The van der Waals surface area contributed by atoms with Crippen LogP contribution in [0.2, 0.25) is 0 Å². The van der Waals surface area contributed by atoms with E-state index in [1.54, 1.807) is 13.8 Å². The molecular weight excluding hydrogens is 316 g/mol. The van der Waals surface area contributed by atoms with Crippen molar-refractivity contribution in [2.45, 2.75) is 13.8 Å². The second-order valence-electron chi connectivity index (χ2n) is 4.68. The predicted molar refractivity (Wildman–Crippen MR) is 85.7 cm³/mol. The van der Waals surface area contributed by atoms with Gasteiger partial charge in [0.1, 0.15) is 0 Å². The van der Waals surface area contributed by atoms with E-state index in [1.165, 1.54) is 37.3 Å². The van der Waals surface area contributed by atoms with E-state index in [4.69, 9.17) is 0 Å². The zero-order valence-electron chi connectivity index (χ0n) is 14.0. The molecule has 0 aliphatic carbocycles. The summed E-state index contributed by atoms with van der Waals surface area (Å²) in [4.78, 5) is 48.9. The number of carbonyl (C=O) groups excluding carboxylic acids is 4. The van der Waals surface area contributed by atoms with Crippen molar-refractivity contribution in [2.24, 2.45) is 0 Å². The maximum Gasteiger partial charge on any atom is 0.339 e. The molecular formula is C16H20N2O6. The molecule has 0 saturated carbocycles. The first kappa shape index (κ1) is 19.1. The quantitative estimate of drug-likeness (QED) is 0.637. The topological polar surface area (TPSA) is 102 Å². The lowest BCUT2D eigenvalue weighted by atomic mass is 10.1. The Morgan fingerprint density at radius 1 is 1.00 bits per heavy atom. The van der Waals surface area contributed by atoms with Crippen LogP contribution in [-0.4, -0.2) is 56.0 Å². The minimum Gasteiger partial charge on any atom is -0.465 e. The zero-order chi connectivity index (χ0) is 18.3. The minimum atomic E-state index is -0.911. The Labute approximate surface area is 139 Å². The number of amides is 2. The summed E-state index contributed by atoms with van der Waals surface area (Å²) in [7, 11) is 2.39. The summed E-state index contributed by atoms with van der Waals surface area (Å²) in [6, 6.07) is 3.93. The number of likely N-dealkylation sites (N-methyl/N-ethyl adjacent to an activating group) is 1. The third kappa shape index (κ3) is 4.31. The van der Waals surface area contributed by atoms with Crippen LogP contribution in [0.1, 0.15) is 34.6 Å². The van der Waals surface area contributed by atoms with Gasteiger partial charge in [0.25, 0.3) is 0 Å². The van der Waals surface area contributed by atoms with Crippen LogP contribution in [-0.2, 0) is 19.1 Å². The summed E-state index contributed by atoms with van der Waals surface area (Å²) in [5, 5.41) is 2.36. The Balaban J connectivity index is 3.18. The molecule has 8 nitrogen and oxygen atoms in total. The third-order valence-electron chi connectivity index (χ3n) is 3.34. The number of nitrogens with one attached hydrogen (secondary N) is 1. The fourth-order valence-electron chi connectivity index (χ4n) is 2.01. The highest BCUT2D eigenvalue weighted by atomic mass is 16.5. The molecule has 8 heteroatoms. The summed E-state index contributed by atoms with van der Waals surface area (Å²) < 4.78 is 9.23. The average molecular weight is 336 g/mol. The number of hydrogen-bond acceptors (Lipinski definition) is 6. The number of rotatable bonds is 5. The Bertz CT molecular complexity index is 652. The van der Waals surface area contributed by atoms with Gasteiger partial charge in [-0.05, 0) is 32.0 Å². The van der Waals surface area contributed by atoms with Crippen molar-refractivity contribution in [3.63, 3.8) is 0 Å². The molecule has 1 N–H and O–H groups in total. The molecule has 1 aromatic rings. The van der Waals surface area contributed by atoms with Crippen LogP contribution in [0.5, 0.6) is 0 Å². The number of nitrogens with zero attached hydrogens (tertiary/aromatic N) is 1. The van der Waals surface area contributed by atoms with E-state index in [0.717, 1.165) is 0 Å². The van der Waals surface area contributed by atoms with E-state index in [0.29, 0.717) is 13.1 Å². The lowest BCUT2D eigenvalue weighted by molar-refractivity contribution is -0.142. The van der Waals surface area contributed by atoms with Gasteiger partial charge in [0.2, 0.25) is 0 Å². The highest BCUT2D eigenvalue weighted by molar-refractivity contribution is 6.39. The van der Waals surface area contributed by atoms with E-state index in [-0.39, 0.29) is 16.8 Å². The summed E-state index contributed by atoms with van der Waals surface area (Å²) >= 11 is 0. The lowest BCUT2D eigenvalue weighted by Gasteiger charge is -2.18. The van der Waals surface area contributed by atoms with E-state index in [2.05, 4.69) is 14.8 Å². The number of anilines is 1. The van der Waals surface area contributed by atoms with E-state index in [9.17, 15) is 19.2 Å². The number of benzene rings is 1. The summed E-state index contributed by atoms with van der Waals surface area (Å²) in [5.74, 6) is -3.00. The average Bonchev–Trinajstić information content (AvgIpc) is 2.61. The van der Waals surface area contributed by atoms with Crippen LogP contribution in [0, 0.1) is 0 Å². The molecule has 0 aromatic heterocycles. The molecule has 0 atom stereocenters. The standard InChI is InChI=1S/C16H20N2O6/c1-5-18(6-2)14(20)13(19)17-12-9-10(15(21)23-3)7-8-11(12)16(22)24-4/h7-9H,5-6H2,1-4H3,(H,17,19). The molecule has 0 saturated heterocycles. The van der Waals surface area contributed by atoms with Crippen molar-refractivity contribution in [1.29, 1.82) is 0 Å².